The Labute approximate surface area is 58.4 Å². The Bertz CT molecular complexity index is 86.6. The molecule has 0 bridgehead atoms. The van der Waals surface area contributed by atoms with Crippen LogP contribution in [0.3, 0.4) is 0 Å². The van der Waals surface area contributed by atoms with Crippen LogP contribution in [0.5, 0.6) is 0 Å². The maximum absolute atomic E-state index is 2.29. The summed E-state index contributed by atoms with van der Waals surface area (Å²) < 4.78 is 0. The molecular weight excluding hydrogens is 110 g/mol. The molecule has 1 heteroatoms. The van der Waals surface area contributed by atoms with E-state index in [0.717, 1.165) is 6.54 Å². The van der Waals surface area contributed by atoms with Gasteiger partial charge in [-0.15, -0.1) is 0 Å². The van der Waals surface area contributed by atoms with Gasteiger partial charge in [0, 0.05) is 6.04 Å². The van der Waals surface area contributed by atoms with Gasteiger partial charge in [-0.25, -0.2) is 0 Å². The van der Waals surface area contributed by atoms with Crippen molar-refractivity contribution in [3.8, 4) is 0 Å². The molecule has 0 saturated heterocycles. The van der Waals surface area contributed by atoms with E-state index in [2.05, 4.69) is 44.9 Å². The second kappa shape index (κ2) is 4.57. The summed E-state index contributed by atoms with van der Waals surface area (Å²) >= 11 is 0. The molecule has 0 aromatic carbocycles. The summed E-state index contributed by atoms with van der Waals surface area (Å²) in [4.78, 5) is 2.29. The van der Waals surface area contributed by atoms with E-state index in [9.17, 15) is 0 Å². The lowest BCUT2D eigenvalue weighted by Gasteiger charge is -2.18. The molecule has 0 saturated carbocycles. The third-order valence-electron chi connectivity index (χ3n) is 1.67. The van der Waals surface area contributed by atoms with Crippen molar-refractivity contribution in [3.05, 3.63) is 12.2 Å². The lowest BCUT2D eigenvalue weighted by molar-refractivity contribution is 0.313. The average Bonchev–Trinajstić information content (AvgIpc) is 1.87. The smallest absolute Gasteiger partial charge is 0.0246 e. The van der Waals surface area contributed by atoms with Gasteiger partial charge >= 0.3 is 0 Å². The van der Waals surface area contributed by atoms with Crippen LogP contribution < -0.4 is 0 Å². The molecule has 0 rings (SSSR count). The van der Waals surface area contributed by atoms with Crippen LogP contribution in [0, 0.1) is 0 Å². The molecule has 0 heterocycles. The molecule has 0 aromatic rings. The molecule has 1 unspecified atom stereocenters. The van der Waals surface area contributed by atoms with E-state index in [0.29, 0.717) is 6.04 Å². The molecule has 0 aliphatic carbocycles. The van der Waals surface area contributed by atoms with Crippen molar-refractivity contribution in [2.75, 3.05) is 13.6 Å². The van der Waals surface area contributed by atoms with Gasteiger partial charge in [0.25, 0.3) is 0 Å². The van der Waals surface area contributed by atoms with E-state index < -0.39 is 0 Å². The number of hydrogen-bond donors (Lipinski definition) is 0. The molecule has 0 radical (unpaired) electrons. The van der Waals surface area contributed by atoms with Gasteiger partial charge < -0.3 is 4.90 Å². The van der Waals surface area contributed by atoms with Gasteiger partial charge in [-0.1, -0.05) is 19.1 Å². The molecule has 0 aliphatic heterocycles. The maximum Gasteiger partial charge on any atom is 0.0246 e. The summed E-state index contributed by atoms with van der Waals surface area (Å²) in [6, 6.07) is 0.583. The summed E-state index contributed by atoms with van der Waals surface area (Å²) in [5, 5.41) is 0. The molecule has 0 fully saturated rings. The Kier molecular flexibility index (Phi) is 4.41. The molecule has 0 aliphatic rings. The standard InChI is InChI=1S/C8H17N/c1-5-7-8(3)9(4)6-2/h5,7-8H,6H2,1-4H3. The predicted molar refractivity (Wildman–Crippen MR) is 42.6 cm³/mol. The Hall–Kier alpha value is -0.300. The number of rotatable bonds is 3. The Balaban J connectivity index is 3.58. The quantitative estimate of drug-likeness (QED) is 0.523. The Morgan fingerprint density at radius 3 is 2.44 bits per heavy atom. The predicted octanol–water partition coefficient (Wildman–Crippen LogP) is 1.90. The third-order valence-corrected chi connectivity index (χ3v) is 1.67. The van der Waals surface area contributed by atoms with E-state index >= 15 is 0 Å². The summed E-state index contributed by atoms with van der Waals surface area (Å²) in [7, 11) is 2.13. The van der Waals surface area contributed by atoms with Gasteiger partial charge in [-0.3, -0.25) is 0 Å². The molecule has 0 aromatic heterocycles. The van der Waals surface area contributed by atoms with Crippen LogP contribution in [0.2, 0.25) is 0 Å². The first-order chi connectivity index (χ1) is 4.22. The number of nitrogens with zero attached hydrogens (tertiary/aromatic N) is 1. The highest BCUT2D eigenvalue weighted by atomic mass is 15.1. The monoisotopic (exact) mass is 127 g/mol. The minimum Gasteiger partial charge on any atom is -0.301 e. The van der Waals surface area contributed by atoms with Gasteiger partial charge in [0.1, 0.15) is 0 Å². The van der Waals surface area contributed by atoms with E-state index in [1.54, 1.807) is 0 Å². The zero-order chi connectivity index (χ0) is 7.28. The van der Waals surface area contributed by atoms with Crippen LogP contribution in [0.15, 0.2) is 12.2 Å². The number of likely N-dealkylation sites (N-methyl/N-ethyl adjacent to an activating group) is 1. The van der Waals surface area contributed by atoms with Gasteiger partial charge in [-0.2, -0.15) is 0 Å². The molecule has 0 spiro atoms. The maximum atomic E-state index is 2.29. The number of allylic oxidation sites excluding steroid dienone is 1. The molecule has 1 atom stereocenters. The van der Waals surface area contributed by atoms with Crippen LogP contribution in [-0.2, 0) is 0 Å². The molecular formula is C8H17N. The zero-order valence-corrected chi connectivity index (χ0v) is 6.89. The highest BCUT2D eigenvalue weighted by Gasteiger charge is 1.99. The zero-order valence-electron chi connectivity index (χ0n) is 6.89. The SMILES string of the molecule is CC=CC(C)N(C)CC. The van der Waals surface area contributed by atoms with E-state index in [-0.39, 0.29) is 0 Å². The van der Waals surface area contributed by atoms with Crippen LogP contribution in [0.25, 0.3) is 0 Å². The second-order valence-corrected chi connectivity index (χ2v) is 2.34. The third kappa shape index (κ3) is 3.31. The topological polar surface area (TPSA) is 3.24 Å². The van der Waals surface area contributed by atoms with Gasteiger partial charge in [0.2, 0.25) is 0 Å². The molecule has 0 N–H and O–H groups in total. The average molecular weight is 127 g/mol. The lowest BCUT2D eigenvalue weighted by atomic mass is 10.3. The van der Waals surface area contributed by atoms with Crippen molar-refractivity contribution in [1.82, 2.24) is 4.90 Å². The summed E-state index contributed by atoms with van der Waals surface area (Å²) in [5.74, 6) is 0. The second-order valence-electron chi connectivity index (χ2n) is 2.34. The van der Waals surface area contributed by atoms with Gasteiger partial charge in [0.05, 0.1) is 0 Å². The van der Waals surface area contributed by atoms with Crippen LogP contribution in [0.4, 0.5) is 0 Å². The van der Waals surface area contributed by atoms with Crippen molar-refractivity contribution in [1.29, 1.82) is 0 Å². The summed E-state index contributed by atoms with van der Waals surface area (Å²) in [6.45, 7) is 7.54. The molecule has 1 nitrogen and oxygen atoms in total. The van der Waals surface area contributed by atoms with Crippen molar-refractivity contribution < 1.29 is 0 Å². The first-order valence-electron chi connectivity index (χ1n) is 3.55. The van der Waals surface area contributed by atoms with E-state index in [4.69, 9.17) is 0 Å². The van der Waals surface area contributed by atoms with E-state index in [1.807, 2.05) is 0 Å². The highest BCUT2D eigenvalue weighted by molar-refractivity contribution is 4.88. The van der Waals surface area contributed by atoms with Crippen molar-refractivity contribution in [2.45, 2.75) is 26.8 Å². The minimum absolute atomic E-state index is 0.583. The number of hydrogen-bond acceptors (Lipinski definition) is 1. The fourth-order valence-electron chi connectivity index (χ4n) is 0.713. The Morgan fingerprint density at radius 1 is 1.56 bits per heavy atom. The van der Waals surface area contributed by atoms with Crippen LogP contribution in [0.1, 0.15) is 20.8 Å². The fraction of sp³-hybridized carbons (Fsp3) is 0.750. The van der Waals surface area contributed by atoms with Gasteiger partial charge in [0.15, 0.2) is 0 Å². The van der Waals surface area contributed by atoms with Gasteiger partial charge in [-0.05, 0) is 27.4 Å². The Morgan fingerprint density at radius 2 is 2.11 bits per heavy atom. The van der Waals surface area contributed by atoms with Crippen LogP contribution >= 0.6 is 0 Å². The minimum atomic E-state index is 0.583. The van der Waals surface area contributed by atoms with Crippen molar-refractivity contribution >= 4 is 0 Å². The van der Waals surface area contributed by atoms with Crippen molar-refractivity contribution in [2.24, 2.45) is 0 Å². The molecule has 9 heavy (non-hydrogen) atoms. The highest BCUT2D eigenvalue weighted by Crippen LogP contribution is 1.94. The largest absolute Gasteiger partial charge is 0.301 e. The first-order valence-corrected chi connectivity index (χ1v) is 3.55. The fourth-order valence-corrected chi connectivity index (χ4v) is 0.713. The summed E-state index contributed by atoms with van der Waals surface area (Å²) in [5.41, 5.74) is 0. The lowest BCUT2D eigenvalue weighted by Crippen LogP contribution is -2.26. The normalized spacial score (nSPS) is 15.2. The van der Waals surface area contributed by atoms with E-state index in [1.165, 1.54) is 0 Å². The molecule has 0 amide bonds. The first kappa shape index (κ1) is 8.70. The van der Waals surface area contributed by atoms with Crippen molar-refractivity contribution in [3.63, 3.8) is 0 Å². The summed E-state index contributed by atoms with van der Waals surface area (Å²) in [6.07, 6.45) is 4.29. The molecule has 54 valence electrons. The van der Waals surface area contributed by atoms with Crippen LogP contribution in [-0.4, -0.2) is 24.5 Å².